The van der Waals surface area contributed by atoms with E-state index in [-0.39, 0.29) is 49.2 Å². The maximum absolute atomic E-state index is 14.0. The summed E-state index contributed by atoms with van der Waals surface area (Å²) in [6, 6.07) is 8.23. The third-order valence-corrected chi connectivity index (χ3v) is 8.16. The lowest BCUT2D eigenvalue weighted by molar-refractivity contribution is -0.188. The first kappa shape index (κ1) is 28.8. The molecule has 0 spiro atoms. The summed E-state index contributed by atoms with van der Waals surface area (Å²) in [5, 5.41) is 6.20. The highest BCUT2D eigenvalue weighted by Gasteiger charge is 2.51. The van der Waals surface area contributed by atoms with E-state index < -0.39 is 12.2 Å². The molecule has 0 saturated carbocycles. The highest BCUT2D eigenvalue weighted by atomic mass is 19.1. The number of hydrazine groups is 1. The summed E-state index contributed by atoms with van der Waals surface area (Å²) in [6.45, 7) is 7.26. The highest BCUT2D eigenvalue weighted by molar-refractivity contribution is 5.92. The number of hydrogen-bond donors (Lipinski definition) is 1. The predicted octanol–water partition coefficient (Wildman–Crippen LogP) is 4.63. The van der Waals surface area contributed by atoms with Crippen LogP contribution < -0.4 is 5.32 Å². The molecule has 212 valence electrons. The minimum atomic E-state index is -0.792. The van der Waals surface area contributed by atoms with Crippen LogP contribution in [0.5, 0.6) is 0 Å². The number of fused-ring (bicyclic) bond motifs is 1. The van der Waals surface area contributed by atoms with E-state index in [0.717, 1.165) is 36.8 Å². The van der Waals surface area contributed by atoms with Crippen LogP contribution in [0.15, 0.2) is 53.9 Å². The summed E-state index contributed by atoms with van der Waals surface area (Å²) in [7, 11) is 1.73. The van der Waals surface area contributed by atoms with Crippen LogP contribution in [-0.2, 0) is 9.59 Å². The van der Waals surface area contributed by atoms with Gasteiger partial charge < -0.3 is 15.1 Å². The molecule has 2 fully saturated rings. The number of urea groups is 1. The van der Waals surface area contributed by atoms with Crippen LogP contribution in [0.2, 0.25) is 0 Å². The van der Waals surface area contributed by atoms with Crippen LogP contribution in [0.3, 0.4) is 0 Å². The second-order valence-electron chi connectivity index (χ2n) is 11.1. The van der Waals surface area contributed by atoms with Crippen molar-refractivity contribution in [1.29, 1.82) is 0 Å². The molecule has 1 aliphatic carbocycles. The van der Waals surface area contributed by atoms with Crippen LogP contribution in [0, 0.1) is 11.8 Å². The van der Waals surface area contributed by atoms with Crippen molar-refractivity contribution >= 4 is 17.8 Å². The third-order valence-electron chi connectivity index (χ3n) is 8.16. The second-order valence-corrected chi connectivity index (χ2v) is 11.1. The largest absolute Gasteiger partial charge is 0.336 e. The summed E-state index contributed by atoms with van der Waals surface area (Å²) < 4.78 is 13.8. The van der Waals surface area contributed by atoms with Gasteiger partial charge in [-0.1, -0.05) is 82.0 Å². The van der Waals surface area contributed by atoms with Gasteiger partial charge in [0.15, 0.2) is 0 Å². The molecule has 0 bridgehead atoms. The van der Waals surface area contributed by atoms with Crippen molar-refractivity contribution in [3.63, 3.8) is 0 Å². The molecule has 39 heavy (non-hydrogen) atoms. The van der Waals surface area contributed by atoms with Crippen molar-refractivity contribution in [3.05, 3.63) is 59.4 Å². The number of carbonyl (C=O) groups excluding carboxylic acids is 3. The third kappa shape index (κ3) is 6.35. The smallest absolute Gasteiger partial charge is 0.334 e. The second kappa shape index (κ2) is 12.8. The molecule has 2 heterocycles. The maximum atomic E-state index is 14.0. The number of amides is 4. The summed E-state index contributed by atoms with van der Waals surface area (Å²) in [6.07, 6.45) is 7.27. The summed E-state index contributed by atoms with van der Waals surface area (Å²) in [5.74, 6) is -0.295. The Morgan fingerprint density at radius 3 is 2.56 bits per heavy atom. The molecule has 2 saturated heterocycles. The fourth-order valence-electron chi connectivity index (χ4n) is 5.87. The monoisotopic (exact) mass is 539 g/mol. The Labute approximate surface area is 231 Å². The fourth-order valence-corrected chi connectivity index (χ4v) is 5.87. The van der Waals surface area contributed by atoms with Crippen molar-refractivity contribution < 1.29 is 18.8 Å². The lowest BCUT2D eigenvalue weighted by Gasteiger charge is -2.54. The maximum Gasteiger partial charge on any atom is 0.334 e. The number of halogens is 1. The van der Waals surface area contributed by atoms with Crippen molar-refractivity contribution in [2.45, 2.75) is 65.1 Å². The Morgan fingerprint density at radius 2 is 1.90 bits per heavy atom. The Hall–Kier alpha value is -3.20. The summed E-state index contributed by atoms with van der Waals surface area (Å²) >= 11 is 0. The Balaban J connectivity index is 1.62. The van der Waals surface area contributed by atoms with Gasteiger partial charge in [-0.05, 0) is 30.4 Å². The van der Waals surface area contributed by atoms with E-state index in [1.807, 2.05) is 42.2 Å². The summed E-state index contributed by atoms with van der Waals surface area (Å²) in [4.78, 5) is 44.5. The first-order chi connectivity index (χ1) is 18.7. The van der Waals surface area contributed by atoms with Gasteiger partial charge in [0.1, 0.15) is 18.0 Å². The first-order valence-corrected chi connectivity index (χ1v) is 14.2. The highest BCUT2D eigenvalue weighted by Crippen LogP contribution is 2.35. The summed E-state index contributed by atoms with van der Waals surface area (Å²) in [5.41, 5.74) is 1.68. The molecule has 3 aliphatic rings. The average molecular weight is 540 g/mol. The normalized spacial score (nSPS) is 24.7. The molecule has 9 heteroatoms. The van der Waals surface area contributed by atoms with Gasteiger partial charge in [-0.2, -0.15) is 0 Å². The van der Waals surface area contributed by atoms with Crippen molar-refractivity contribution in [2.24, 2.45) is 11.8 Å². The lowest BCUT2D eigenvalue weighted by Crippen LogP contribution is -2.74. The molecule has 4 amide bonds. The SMILES string of the molecule is CCCCC(CC)CN1C[C@H]2N(C(=O)CN(C)N2C(=O)NCC2=CC=C(F)C(C)C2)[C@@H](c2ccccc2)C1=O. The van der Waals surface area contributed by atoms with Gasteiger partial charge in [-0.15, -0.1) is 0 Å². The van der Waals surface area contributed by atoms with Gasteiger partial charge in [-0.3, -0.25) is 9.59 Å². The van der Waals surface area contributed by atoms with Crippen LogP contribution in [0.1, 0.15) is 64.5 Å². The number of likely N-dealkylation sites (N-methyl/N-ethyl adjacent to an activating group) is 1. The zero-order valence-corrected chi connectivity index (χ0v) is 23.6. The van der Waals surface area contributed by atoms with Gasteiger partial charge in [0.05, 0.1) is 13.1 Å². The molecule has 4 rings (SSSR count). The average Bonchev–Trinajstić information content (AvgIpc) is 2.92. The molecule has 8 nitrogen and oxygen atoms in total. The first-order valence-electron chi connectivity index (χ1n) is 14.2. The molecule has 2 unspecified atom stereocenters. The van der Waals surface area contributed by atoms with Crippen LogP contribution in [0.4, 0.5) is 9.18 Å². The topological polar surface area (TPSA) is 76.2 Å². The van der Waals surface area contributed by atoms with Gasteiger partial charge in [0.2, 0.25) is 11.8 Å². The zero-order chi connectivity index (χ0) is 28.1. The van der Waals surface area contributed by atoms with Crippen molar-refractivity contribution in [1.82, 2.24) is 25.1 Å². The van der Waals surface area contributed by atoms with Gasteiger partial charge in [0.25, 0.3) is 0 Å². The molecular formula is C30H42FN5O3. The molecule has 2 aliphatic heterocycles. The number of allylic oxidation sites excluding steroid dienone is 3. The predicted molar refractivity (Wildman–Crippen MR) is 149 cm³/mol. The van der Waals surface area contributed by atoms with Crippen LogP contribution in [0.25, 0.3) is 0 Å². The van der Waals surface area contributed by atoms with Crippen LogP contribution >= 0.6 is 0 Å². The fraction of sp³-hybridized carbons (Fsp3) is 0.567. The van der Waals surface area contributed by atoms with Gasteiger partial charge in [-0.25, -0.2) is 19.2 Å². The minimum absolute atomic E-state index is 0.0116. The molecule has 1 aromatic carbocycles. The molecule has 1 N–H and O–H groups in total. The van der Waals surface area contributed by atoms with E-state index in [1.165, 1.54) is 6.08 Å². The van der Waals surface area contributed by atoms with E-state index in [4.69, 9.17) is 0 Å². The number of nitrogens with one attached hydrogen (secondary N) is 1. The van der Waals surface area contributed by atoms with E-state index in [2.05, 4.69) is 19.2 Å². The number of benzene rings is 1. The minimum Gasteiger partial charge on any atom is -0.336 e. The number of hydrogen-bond acceptors (Lipinski definition) is 4. The molecular weight excluding hydrogens is 497 g/mol. The van der Waals surface area contributed by atoms with Crippen molar-refractivity contribution in [2.75, 3.05) is 33.2 Å². The Bertz CT molecular complexity index is 1110. The lowest BCUT2D eigenvalue weighted by atomic mass is 9.94. The quantitative estimate of drug-likeness (QED) is 0.497. The number of piperazine rings is 1. The van der Waals surface area contributed by atoms with E-state index in [9.17, 15) is 18.8 Å². The van der Waals surface area contributed by atoms with E-state index in [1.54, 1.807) is 28.0 Å². The van der Waals surface area contributed by atoms with E-state index >= 15 is 0 Å². The molecule has 1 aromatic rings. The number of nitrogens with zero attached hydrogens (tertiary/aromatic N) is 4. The van der Waals surface area contributed by atoms with Crippen molar-refractivity contribution in [3.8, 4) is 0 Å². The molecule has 0 radical (unpaired) electrons. The number of unbranched alkanes of at least 4 members (excludes halogenated alkanes) is 1. The van der Waals surface area contributed by atoms with Gasteiger partial charge >= 0.3 is 6.03 Å². The molecule has 4 atom stereocenters. The Kier molecular flexibility index (Phi) is 9.43. The number of rotatable bonds is 9. The molecule has 0 aromatic heterocycles. The van der Waals surface area contributed by atoms with Crippen LogP contribution in [-0.4, -0.2) is 77.1 Å². The Morgan fingerprint density at radius 1 is 1.15 bits per heavy atom. The zero-order valence-electron chi connectivity index (χ0n) is 23.6. The van der Waals surface area contributed by atoms with E-state index in [0.29, 0.717) is 18.9 Å². The standard InChI is InChI=1S/C30H42FN5O3/c1-5-7-11-22(6-2)18-34-19-26-35(28(29(34)38)24-12-9-8-10-13-24)27(37)20-33(4)36(26)30(39)32-17-23-14-15-25(31)21(3)16-23/h8-10,12-15,21-22,26,28H,5-7,11,16-20H2,1-4H3,(H,32,39)/t21?,22?,26-,28-/m0/s1. The number of carbonyl (C=O) groups is 3. The van der Waals surface area contributed by atoms with Gasteiger partial charge in [0, 0.05) is 26.1 Å².